The molecule has 2 aromatic rings. The van der Waals surface area contributed by atoms with Crippen molar-refractivity contribution in [3.63, 3.8) is 0 Å². The Hall–Kier alpha value is -2.27. The van der Waals surface area contributed by atoms with Crippen LogP contribution in [-0.4, -0.2) is 6.54 Å². The molecule has 2 heteroatoms. The van der Waals surface area contributed by atoms with Crippen molar-refractivity contribution in [1.82, 2.24) is 0 Å². The van der Waals surface area contributed by atoms with Gasteiger partial charge < -0.3 is 4.90 Å². The molecule has 0 spiro atoms. The van der Waals surface area contributed by atoms with Crippen LogP contribution in [0.3, 0.4) is 0 Å². The first-order chi connectivity index (χ1) is 10.9. The van der Waals surface area contributed by atoms with Gasteiger partial charge in [-0.25, -0.2) is 0 Å². The number of hydrogen-bond donors (Lipinski definition) is 0. The zero-order valence-corrected chi connectivity index (χ0v) is 14.4. The second-order valence-electron chi connectivity index (χ2n) is 7.34. The van der Waals surface area contributed by atoms with Crippen LogP contribution in [0, 0.1) is 11.3 Å². The van der Waals surface area contributed by atoms with E-state index in [4.69, 9.17) is 5.26 Å². The summed E-state index contributed by atoms with van der Waals surface area (Å²) >= 11 is 0. The van der Waals surface area contributed by atoms with Crippen molar-refractivity contribution in [2.24, 2.45) is 0 Å². The molecule has 2 aromatic carbocycles. The van der Waals surface area contributed by atoms with Crippen molar-refractivity contribution in [1.29, 1.82) is 5.26 Å². The second kappa shape index (κ2) is 5.42. The van der Waals surface area contributed by atoms with Crippen LogP contribution in [0.1, 0.15) is 45.2 Å². The molecule has 0 unspecified atom stereocenters. The van der Waals surface area contributed by atoms with Crippen molar-refractivity contribution < 1.29 is 0 Å². The number of para-hydroxylation sites is 2. The van der Waals surface area contributed by atoms with Crippen molar-refractivity contribution in [2.75, 3.05) is 11.4 Å². The largest absolute Gasteiger partial charge is 0.340 e. The summed E-state index contributed by atoms with van der Waals surface area (Å²) in [4.78, 5) is 2.32. The fraction of sp³-hybridized carbons (Fsp3) is 0.381. The number of fused-ring (bicyclic) bond motifs is 2. The molecule has 23 heavy (non-hydrogen) atoms. The monoisotopic (exact) mass is 304 g/mol. The number of nitrogens with zero attached hydrogens (tertiary/aromatic N) is 2. The minimum Gasteiger partial charge on any atom is -0.340 e. The first-order valence-corrected chi connectivity index (χ1v) is 8.25. The number of hydrogen-bond acceptors (Lipinski definition) is 2. The van der Waals surface area contributed by atoms with Crippen LogP contribution in [0.2, 0.25) is 0 Å². The molecule has 0 saturated carbocycles. The zero-order chi connectivity index (χ0) is 16.7. The van der Waals surface area contributed by atoms with E-state index in [0.717, 1.165) is 6.54 Å². The van der Waals surface area contributed by atoms with Crippen molar-refractivity contribution >= 4 is 11.4 Å². The number of benzene rings is 2. The first-order valence-electron chi connectivity index (χ1n) is 8.25. The predicted octanol–water partition coefficient (Wildman–Crippen LogP) is 5.31. The van der Waals surface area contributed by atoms with E-state index in [9.17, 15) is 0 Å². The van der Waals surface area contributed by atoms with E-state index in [1.165, 1.54) is 22.5 Å². The highest BCUT2D eigenvalue weighted by Crippen LogP contribution is 2.53. The maximum Gasteiger partial charge on any atom is 0.0640 e. The Balaban J connectivity index is 2.34. The molecule has 0 saturated heterocycles. The maximum absolute atomic E-state index is 9.09. The lowest BCUT2D eigenvalue weighted by Crippen LogP contribution is -2.39. The summed E-state index contributed by atoms with van der Waals surface area (Å²) in [6.45, 7) is 10.0. The third kappa shape index (κ3) is 2.23. The molecule has 1 aliphatic rings. The molecule has 0 amide bonds. The normalized spacial score (nSPS) is 17.6. The molecule has 0 aliphatic carbocycles. The molecular weight excluding hydrogens is 280 g/mol. The average Bonchev–Trinajstić information content (AvgIpc) is 2.60. The van der Waals surface area contributed by atoms with E-state index in [0.29, 0.717) is 6.42 Å². The summed E-state index contributed by atoms with van der Waals surface area (Å²) in [6.07, 6.45) is 0.517. The standard InChI is InChI=1S/C21H24N2/c1-20(2)16-10-5-7-12-18(16)23(15-9-14-22)19-13-8-6-11-17(19)21(20,3)4/h5-8,10-13H,9,15H2,1-4H3. The highest BCUT2D eigenvalue weighted by atomic mass is 15.1. The first kappa shape index (κ1) is 15.6. The van der Waals surface area contributed by atoms with Gasteiger partial charge in [-0.3, -0.25) is 0 Å². The maximum atomic E-state index is 9.09. The molecule has 0 atom stereocenters. The van der Waals surface area contributed by atoms with Crippen LogP contribution >= 0.6 is 0 Å². The number of anilines is 2. The Morgan fingerprint density at radius 3 is 1.70 bits per heavy atom. The summed E-state index contributed by atoms with van der Waals surface area (Å²) in [5.74, 6) is 0. The summed E-state index contributed by atoms with van der Waals surface area (Å²) in [5, 5.41) is 9.09. The number of nitriles is 1. The van der Waals surface area contributed by atoms with Crippen LogP contribution in [-0.2, 0) is 10.8 Å². The van der Waals surface area contributed by atoms with Gasteiger partial charge in [-0.2, -0.15) is 5.26 Å². The summed E-state index contributed by atoms with van der Waals surface area (Å²) in [5.41, 5.74) is 5.12. The Labute approximate surface area is 139 Å². The topological polar surface area (TPSA) is 27.0 Å². The molecule has 0 aromatic heterocycles. The minimum atomic E-state index is -0.0128. The van der Waals surface area contributed by atoms with E-state index in [2.05, 4.69) is 87.2 Å². The molecule has 1 heterocycles. The van der Waals surface area contributed by atoms with Gasteiger partial charge in [0.2, 0.25) is 0 Å². The summed E-state index contributed by atoms with van der Waals surface area (Å²) in [7, 11) is 0. The van der Waals surface area contributed by atoms with Crippen LogP contribution in [0.25, 0.3) is 0 Å². The fourth-order valence-corrected chi connectivity index (χ4v) is 3.68. The quantitative estimate of drug-likeness (QED) is 0.752. The lowest BCUT2D eigenvalue weighted by atomic mass is 9.61. The van der Waals surface area contributed by atoms with Gasteiger partial charge in [0.1, 0.15) is 0 Å². The Bertz CT molecular complexity index is 708. The van der Waals surface area contributed by atoms with Gasteiger partial charge in [-0.15, -0.1) is 0 Å². The molecule has 0 N–H and O–H groups in total. The minimum absolute atomic E-state index is 0.0128. The van der Waals surface area contributed by atoms with E-state index < -0.39 is 0 Å². The van der Waals surface area contributed by atoms with Gasteiger partial charge in [-0.05, 0) is 23.3 Å². The highest BCUT2D eigenvalue weighted by Gasteiger charge is 2.45. The zero-order valence-electron chi connectivity index (χ0n) is 14.4. The third-order valence-corrected chi connectivity index (χ3v) is 5.75. The van der Waals surface area contributed by atoms with Gasteiger partial charge in [-0.1, -0.05) is 64.1 Å². The molecule has 0 radical (unpaired) electrons. The van der Waals surface area contributed by atoms with Gasteiger partial charge in [0.05, 0.1) is 12.5 Å². The van der Waals surface area contributed by atoms with Gasteiger partial charge in [0.25, 0.3) is 0 Å². The Kier molecular flexibility index (Phi) is 3.68. The fourth-order valence-electron chi connectivity index (χ4n) is 3.68. The average molecular weight is 304 g/mol. The third-order valence-electron chi connectivity index (χ3n) is 5.75. The Morgan fingerprint density at radius 1 is 0.826 bits per heavy atom. The van der Waals surface area contributed by atoms with Gasteiger partial charge in [0.15, 0.2) is 0 Å². The van der Waals surface area contributed by atoms with E-state index >= 15 is 0 Å². The number of rotatable bonds is 2. The lowest BCUT2D eigenvalue weighted by molar-refractivity contribution is 0.307. The van der Waals surface area contributed by atoms with Crippen LogP contribution in [0.5, 0.6) is 0 Å². The second-order valence-corrected chi connectivity index (χ2v) is 7.34. The molecule has 0 fully saturated rings. The van der Waals surface area contributed by atoms with Crippen LogP contribution < -0.4 is 4.90 Å². The van der Waals surface area contributed by atoms with Crippen molar-refractivity contribution in [2.45, 2.75) is 44.9 Å². The van der Waals surface area contributed by atoms with Crippen molar-refractivity contribution in [3.8, 4) is 6.07 Å². The highest BCUT2D eigenvalue weighted by molar-refractivity contribution is 5.75. The van der Waals surface area contributed by atoms with Gasteiger partial charge in [0, 0.05) is 28.7 Å². The molecule has 0 bridgehead atoms. The lowest BCUT2D eigenvalue weighted by Gasteiger charge is -2.42. The molecular formula is C21H24N2. The van der Waals surface area contributed by atoms with Crippen LogP contribution in [0.4, 0.5) is 11.4 Å². The van der Waals surface area contributed by atoms with Gasteiger partial charge >= 0.3 is 0 Å². The molecule has 1 aliphatic heterocycles. The van der Waals surface area contributed by atoms with Crippen molar-refractivity contribution in [3.05, 3.63) is 59.7 Å². The molecule has 118 valence electrons. The van der Waals surface area contributed by atoms with E-state index in [1.807, 2.05) is 0 Å². The summed E-state index contributed by atoms with van der Waals surface area (Å²) in [6, 6.07) is 19.6. The molecule has 2 nitrogen and oxygen atoms in total. The molecule has 3 rings (SSSR count). The van der Waals surface area contributed by atoms with Crippen LogP contribution in [0.15, 0.2) is 48.5 Å². The predicted molar refractivity (Wildman–Crippen MR) is 96.2 cm³/mol. The smallest absolute Gasteiger partial charge is 0.0640 e. The van der Waals surface area contributed by atoms with E-state index in [-0.39, 0.29) is 10.8 Å². The summed E-state index contributed by atoms with van der Waals surface area (Å²) < 4.78 is 0. The SMILES string of the molecule is CC1(C)c2ccccc2N(CCC#N)c2ccccc2C1(C)C. The Morgan fingerprint density at radius 2 is 1.26 bits per heavy atom. The van der Waals surface area contributed by atoms with E-state index in [1.54, 1.807) is 0 Å².